The Hall–Kier alpha value is -0.300. The average molecular weight is 254 g/mol. The molecule has 0 saturated heterocycles. The van der Waals surface area contributed by atoms with Crippen molar-refractivity contribution in [1.29, 1.82) is 0 Å². The number of unbranched alkanes of at least 4 members (excludes halogenated alkanes) is 9. The van der Waals surface area contributed by atoms with Crippen molar-refractivity contribution in [2.75, 3.05) is 0 Å². The van der Waals surface area contributed by atoms with Gasteiger partial charge in [0.1, 0.15) is 0 Å². The van der Waals surface area contributed by atoms with Crippen molar-refractivity contribution in [2.24, 2.45) is 0 Å². The molecule has 0 amide bonds. The number of aliphatic hydroxyl groups excluding tert-OH is 1. The summed E-state index contributed by atoms with van der Waals surface area (Å²) >= 11 is 0. The Bertz CT molecular complexity index is 165. The van der Waals surface area contributed by atoms with Crippen LogP contribution >= 0.6 is 0 Å². The lowest BCUT2D eigenvalue weighted by Crippen LogP contribution is -2.05. The van der Waals surface area contributed by atoms with Crippen molar-refractivity contribution in [3.63, 3.8) is 0 Å². The first-order valence-electron chi connectivity index (χ1n) is 8.10. The standard InChI is InChI=1S/C17H34O/c1-3-5-7-9-10-11-12-14-16-17(18)15-13-8-6-4-2/h4,17-18H,2-3,5-16H2,1H3/t17-/m1/s1. The topological polar surface area (TPSA) is 20.2 Å². The van der Waals surface area contributed by atoms with Crippen LogP contribution in [0, 0.1) is 0 Å². The van der Waals surface area contributed by atoms with Crippen LogP contribution in [0.25, 0.3) is 0 Å². The van der Waals surface area contributed by atoms with Gasteiger partial charge in [0.25, 0.3) is 0 Å². The first kappa shape index (κ1) is 17.7. The van der Waals surface area contributed by atoms with Gasteiger partial charge in [-0.15, -0.1) is 6.58 Å². The molecule has 0 aromatic rings. The Kier molecular flexibility index (Phi) is 14.5. The Balaban J connectivity index is 3.10. The second-order valence-electron chi connectivity index (χ2n) is 5.49. The number of rotatable bonds is 14. The molecule has 0 aliphatic heterocycles. The summed E-state index contributed by atoms with van der Waals surface area (Å²) < 4.78 is 0. The van der Waals surface area contributed by atoms with E-state index in [1.807, 2.05) is 6.08 Å². The third kappa shape index (κ3) is 13.8. The molecule has 0 aromatic heterocycles. The van der Waals surface area contributed by atoms with E-state index < -0.39 is 0 Å². The fourth-order valence-electron chi connectivity index (χ4n) is 2.33. The monoisotopic (exact) mass is 254 g/mol. The number of hydrogen-bond donors (Lipinski definition) is 1. The van der Waals surface area contributed by atoms with E-state index in [9.17, 15) is 5.11 Å². The molecule has 18 heavy (non-hydrogen) atoms. The molecule has 0 heterocycles. The molecule has 108 valence electrons. The molecular formula is C17H34O. The summed E-state index contributed by atoms with van der Waals surface area (Å²) in [5.74, 6) is 0. The van der Waals surface area contributed by atoms with E-state index >= 15 is 0 Å². The predicted molar refractivity (Wildman–Crippen MR) is 81.9 cm³/mol. The minimum Gasteiger partial charge on any atom is -0.393 e. The van der Waals surface area contributed by atoms with E-state index in [0.717, 1.165) is 25.7 Å². The number of allylic oxidation sites excluding steroid dienone is 1. The van der Waals surface area contributed by atoms with E-state index in [-0.39, 0.29) is 6.10 Å². The summed E-state index contributed by atoms with van der Waals surface area (Å²) in [6.45, 7) is 5.97. The summed E-state index contributed by atoms with van der Waals surface area (Å²) in [5, 5.41) is 9.80. The first-order valence-corrected chi connectivity index (χ1v) is 8.10. The van der Waals surface area contributed by atoms with Crippen LogP contribution in [0.4, 0.5) is 0 Å². The number of aliphatic hydroxyl groups is 1. The fourth-order valence-corrected chi connectivity index (χ4v) is 2.33. The summed E-state index contributed by atoms with van der Waals surface area (Å²) in [4.78, 5) is 0. The van der Waals surface area contributed by atoms with E-state index in [1.165, 1.54) is 57.8 Å². The highest BCUT2D eigenvalue weighted by molar-refractivity contribution is 4.66. The highest BCUT2D eigenvalue weighted by Crippen LogP contribution is 2.13. The number of hydrogen-bond acceptors (Lipinski definition) is 1. The molecule has 0 spiro atoms. The molecule has 0 aromatic carbocycles. The summed E-state index contributed by atoms with van der Waals surface area (Å²) in [7, 11) is 0. The van der Waals surface area contributed by atoms with Crippen molar-refractivity contribution in [3.8, 4) is 0 Å². The maximum atomic E-state index is 9.80. The molecule has 1 atom stereocenters. The Morgan fingerprint density at radius 3 is 1.89 bits per heavy atom. The highest BCUT2D eigenvalue weighted by atomic mass is 16.3. The second-order valence-corrected chi connectivity index (χ2v) is 5.49. The van der Waals surface area contributed by atoms with Gasteiger partial charge < -0.3 is 5.11 Å². The van der Waals surface area contributed by atoms with Gasteiger partial charge in [-0.2, -0.15) is 0 Å². The summed E-state index contributed by atoms with van der Waals surface area (Å²) in [6, 6.07) is 0. The van der Waals surface area contributed by atoms with E-state index in [2.05, 4.69) is 13.5 Å². The second kappa shape index (κ2) is 14.8. The maximum absolute atomic E-state index is 9.80. The van der Waals surface area contributed by atoms with Gasteiger partial charge in [-0.3, -0.25) is 0 Å². The van der Waals surface area contributed by atoms with Gasteiger partial charge in [0.2, 0.25) is 0 Å². The zero-order chi connectivity index (χ0) is 13.5. The first-order chi connectivity index (χ1) is 8.81. The van der Waals surface area contributed by atoms with Gasteiger partial charge >= 0.3 is 0 Å². The van der Waals surface area contributed by atoms with Gasteiger partial charge in [0.05, 0.1) is 6.10 Å². The Morgan fingerprint density at radius 2 is 1.33 bits per heavy atom. The SMILES string of the molecule is C=CCCCC[C@@H](O)CCCCCCCCCC. The third-order valence-electron chi connectivity index (χ3n) is 3.59. The molecule has 0 unspecified atom stereocenters. The van der Waals surface area contributed by atoms with Crippen LogP contribution in [-0.2, 0) is 0 Å². The van der Waals surface area contributed by atoms with Crippen molar-refractivity contribution < 1.29 is 5.11 Å². The minimum absolute atomic E-state index is 0.0603. The minimum atomic E-state index is -0.0603. The molecule has 0 bridgehead atoms. The zero-order valence-corrected chi connectivity index (χ0v) is 12.5. The molecule has 0 aliphatic carbocycles. The van der Waals surface area contributed by atoms with Gasteiger partial charge in [-0.25, -0.2) is 0 Å². The zero-order valence-electron chi connectivity index (χ0n) is 12.5. The van der Waals surface area contributed by atoms with Crippen LogP contribution in [0.5, 0.6) is 0 Å². The molecule has 1 nitrogen and oxygen atoms in total. The average Bonchev–Trinajstić information content (AvgIpc) is 2.38. The van der Waals surface area contributed by atoms with Crippen LogP contribution in [-0.4, -0.2) is 11.2 Å². The molecule has 0 saturated carbocycles. The molecule has 0 rings (SSSR count). The van der Waals surface area contributed by atoms with Crippen LogP contribution in [0.1, 0.15) is 90.4 Å². The largest absolute Gasteiger partial charge is 0.393 e. The van der Waals surface area contributed by atoms with E-state index in [1.54, 1.807) is 0 Å². The maximum Gasteiger partial charge on any atom is 0.0540 e. The lowest BCUT2D eigenvalue weighted by atomic mass is 10.0. The molecule has 0 fully saturated rings. The lowest BCUT2D eigenvalue weighted by Gasteiger charge is -2.09. The Labute approximate surface area is 115 Å². The van der Waals surface area contributed by atoms with Crippen molar-refractivity contribution >= 4 is 0 Å². The van der Waals surface area contributed by atoms with Gasteiger partial charge in [-0.05, 0) is 25.7 Å². The molecule has 1 N–H and O–H groups in total. The van der Waals surface area contributed by atoms with Crippen molar-refractivity contribution in [1.82, 2.24) is 0 Å². The highest BCUT2D eigenvalue weighted by Gasteiger charge is 2.03. The summed E-state index contributed by atoms with van der Waals surface area (Å²) in [5.41, 5.74) is 0. The fraction of sp³-hybridized carbons (Fsp3) is 0.882. The molecule has 0 radical (unpaired) electrons. The quantitative estimate of drug-likeness (QED) is 0.315. The summed E-state index contributed by atoms with van der Waals surface area (Å²) in [6.07, 6.45) is 18.1. The van der Waals surface area contributed by atoms with Gasteiger partial charge in [0.15, 0.2) is 0 Å². The van der Waals surface area contributed by atoms with Crippen molar-refractivity contribution in [2.45, 2.75) is 96.5 Å². The molecule has 0 aliphatic rings. The van der Waals surface area contributed by atoms with Crippen molar-refractivity contribution in [3.05, 3.63) is 12.7 Å². The van der Waals surface area contributed by atoms with E-state index in [4.69, 9.17) is 0 Å². The Morgan fingerprint density at radius 1 is 0.833 bits per heavy atom. The van der Waals surface area contributed by atoms with Gasteiger partial charge in [-0.1, -0.05) is 70.8 Å². The van der Waals surface area contributed by atoms with E-state index in [0.29, 0.717) is 0 Å². The molecular weight excluding hydrogens is 220 g/mol. The normalized spacial score (nSPS) is 12.6. The third-order valence-corrected chi connectivity index (χ3v) is 3.59. The smallest absolute Gasteiger partial charge is 0.0540 e. The van der Waals surface area contributed by atoms with Crippen LogP contribution < -0.4 is 0 Å². The van der Waals surface area contributed by atoms with Crippen LogP contribution in [0.3, 0.4) is 0 Å². The van der Waals surface area contributed by atoms with Gasteiger partial charge in [0, 0.05) is 0 Å². The van der Waals surface area contributed by atoms with Crippen LogP contribution in [0.2, 0.25) is 0 Å². The lowest BCUT2D eigenvalue weighted by molar-refractivity contribution is 0.147. The predicted octanol–water partition coefficient (Wildman–Crippen LogP) is 5.62. The van der Waals surface area contributed by atoms with Crippen LogP contribution in [0.15, 0.2) is 12.7 Å². The molecule has 1 heteroatoms.